The molecular weight excluding hydrogens is 791 g/mol. The molecule has 300 valence electrons. The van der Waals surface area contributed by atoms with Crippen LogP contribution in [-0.4, -0.2) is 0 Å². The quantitative estimate of drug-likeness (QED) is 0.147. The van der Waals surface area contributed by atoms with Gasteiger partial charge in [0.15, 0.2) is 0 Å². The summed E-state index contributed by atoms with van der Waals surface area (Å²) < 4.78 is 1.27. The predicted molar refractivity (Wildman–Crippen MR) is 276 cm³/mol. The SMILES string of the molecule is c1ccc(-c2ccc(-c3sc4cc(-c5ccc(N(c6ccc7ccccc7c6)c6cccc7ccccc67)c6ccccc56)ccc4c3-c3ccc(-c4ccccc4)cc3)cc2)cc1. The van der Waals surface area contributed by atoms with Gasteiger partial charge in [0.25, 0.3) is 0 Å². The van der Waals surface area contributed by atoms with Gasteiger partial charge in [-0.05, 0) is 96.4 Å². The molecule has 1 aromatic heterocycles. The second-order valence-corrected chi connectivity index (χ2v) is 17.5. The van der Waals surface area contributed by atoms with Gasteiger partial charge in [-0.2, -0.15) is 0 Å². The number of thiophene rings is 1. The van der Waals surface area contributed by atoms with E-state index in [0.717, 1.165) is 17.1 Å². The smallest absolute Gasteiger partial charge is 0.0540 e. The fourth-order valence-electron chi connectivity index (χ4n) is 9.52. The predicted octanol–water partition coefficient (Wildman–Crippen LogP) is 18.2. The molecule has 0 saturated carbocycles. The van der Waals surface area contributed by atoms with Crippen molar-refractivity contribution in [3.8, 4) is 54.9 Å². The summed E-state index contributed by atoms with van der Waals surface area (Å²) in [4.78, 5) is 3.73. The highest BCUT2D eigenvalue weighted by molar-refractivity contribution is 7.23. The summed E-state index contributed by atoms with van der Waals surface area (Å²) in [5.74, 6) is 0. The fraction of sp³-hybridized carbons (Fsp3) is 0. The van der Waals surface area contributed by atoms with Crippen molar-refractivity contribution in [2.75, 3.05) is 4.90 Å². The lowest BCUT2D eigenvalue weighted by Crippen LogP contribution is -2.11. The van der Waals surface area contributed by atoms with Crippen molar-refractivity contribution in [3.05, 3.63) is 249 Å². The Kier molecular flexibility index (Phi) is 9.43. The lowest BCUT2D eigenvalue weighted by molar-refractivity contribution is 1.32. The van der Waals surface area contributed by atoms with Crippen LogP contribution in [0, 0.1) is 0 Å². The van der Waals surface area contributed by atoms with Gasteiger partial charge in [0.05, 0.1) is 11.4 Å². The van der Waals surface area contributed by atoms with Crippen LogP contribution in [0.2, 0.25) is 0 Å². The standard InChI is InChI=1S/C62H41NS/c1-3-14-42(15-4-1)45-26-30-48(31-27-45)61-57-37-35-51(41-60(57)64-62(61)49-32-28-46(29-33-49)43-16-5-2-6-17-43)53-38-39-59(56-24-12-11-23-55(53)56)63(52-36-34-44-18-7-8-20-50(44)40-52)58-25-13-21-47-19-9-10-22-54(47)58/h1-41H. The zero-order valence-electron chi connectivity index (χ0n) is 35.0. The molecule has 0 N–H and O–H groups in total. The number of benzene rings is 11. The number of fused-ring (bicyclic) bond motifs is 4. The molecule has 0 atom stereocenters. The molecule has 0 radical (unpaired) electrons. The molecule has 0 aliphatic rings. The molecule has 12 aromatic rings. The Balaban J connectivity index is 1.01. The lowest BCUT2D eigenvalue weighted by atomic mass is 9.93. The van der Waals surface area contributed by atoms with Crippen LogP contribution >= 0.6 is 11.3 Å². The summed E-state index contributed by atoms with van der Waals surface area (Å²) in [7, 11) is 0. The molecule has 0 spiro atoms. The second kappa shape index (κ2) is 16.0. The Labute approximate surface area is 377 Å². The Morgan fingerprint density at radius 3 is 1.53 bits per heavy atom. The molecule has 11 aromatic carbocycles. The van der Waals surface area contributed by atoms with E-state index in [1.807, 2.05) is 11.3 Å². The van der Waals surface area contributed by atoms with Gasteiger partial charge in [-0.3, -0.25) is 0 Å². The van der Waals surface area contributed by atoms with E-state index in [1.165, 1.54) is 97.4 Å². The Morgan fingerprint density at radius 1 is 0.281 bits per heavy atom. The molecule has 12 rings (SSSR count). The van der Waals surface area contributed by atoms with E-state index in [0.29, 0.717) is 0 Å². The molecule has 0 aliphatic heterocycles. The molecule has 2 heteroatoms. The van der Waals surface area contributed by atoms with Gasteiger partial charge < -0.3 is 4.90 Å². The van der Waals surface area contributed by atoms with E-state index in [2.05, 4.69) is 254 Å². The van der Waals surface area contributed by atoms with Crippen LogP contribution in [0.1, 0.15) is 0 Å². The van der Waals surface area contributed by atoms with Crippen molar-refractivity contribution < 1.29 is 0 Å². The minimum atomic E-state index is 1.13. The van der Waals surface area contributed by atoms with Crippen LogP contribution in [-0.2, 0) is 0 Å². The first kappa shape index (κ1) is 37.7. The average Bonchev–Trinajstić information content (AvgIpc) is 3.76. The molecular formula is C62H41NS. The third kappa shape index (κ3) is 6.73. The maximum atomic E-state index is 2.45. The van der Waals surface area contributed by atoms with Crippen LogP contribution in [0.25, 0.3) is 97.4 Å². The third-order valence-corrected chi connectivity index (χ3v) is 13.9. The van der Waals surface area contributed by atoms with E-state index in [4.69, 9.17) is 0 Å². The highest BCUT2D eigenvalue weighted by atomic mass is 32.1. The van der Waals surface area contributed by atoms with Crippen molar-refractivity contribution >= 4 is 70.8 Å². The van der Waals surface area contributed by atoms with Crippen LogP contribution in [0.5, 0.6) is 0 Å². The number of hydrogen-bond acceptors (Lipinski definition) is 2. The monoisotopic (exact) mass is 831 g/mol. The summed E-state index contributed by atoms with van der Waals surface area (Å²) in [6.45, 7) is 0. The highest BCUT2D eigenvalue weighted by Crippen LogP contribution is 2.49. The van der Waals surface area contributed by atoms with Gasteiger partial charge in [-0.15, -0.1) is 11.3 Å². The molecule has 64 heavy (non-hydrogen) atoms. The molecule has 0 unspecified atom stereocenters. The van der Waals surface area contributed by atoms with Gasteiger partial charge in [0, 0.05) is 37.0 Å². The van der Waals surface area contributed by atoms with Crippen molar-refractivity contribution in [1.82, 2.24) is 0 Å². The third-order valence-electron chi connectivity index (χ3n) is 12.7. The molecule has 1 heterocycles. The molecule has 0 saturated heterocycles. The molecule has 0 fully saturated rings. The summed E-state index contributed by atoms with van der Waals surface area (Å²) in [5.41, 5.74) is 14.5. The lowest BCUT2D eigenvalue weighted by Gasteiger charge is -2.29. The molecule has 0 aliphatic carbocycles. The van der Waals surface area contributed by atoms with Crippen LogP contribution in [0.3, 0.4) is 0 Å². The minimum Gasteiger partial charge on any atom is -0.309 e. The Morgan fingerprint density at radius 2 is 0.812 bits per heavy atom. The largest absolute Gasteiger partial charge is 0.309 e. The maximum absolute atomic E-state index is 2.45. The topological polar surface area (TPSA) is 3.24 Å². The van der Waals surface area contributed by atoms with Gasteiger partial charge in [0.1, 0.15) is 0 Å². The summed E-state index contributed by atoms with van der Waals surface area (Å²) in [5, 5.41) is 8.56. The van der Waals surface area contributed by atoms with Crippen molar-refractivity contribution in [2.24, 2.45) is 0 Å². The molecule has 0 amide bonds. The minimum absolute atomic E-state index is 1.13. The van der Waals surface area contributed by atoms with Gasteiger partial charge in [-0.25, -0.2) is 0 Å². The Hall–Kier alpha value is -8.04. The Bertz CT molecular complexity index is 3640. The summed E-state index contributed by atoms with van der Waals surface area (Å²) >= 11 is 1.88. The number of anilines is 3. The first-order valence-corrected chi connectivity index (χ1v) is 22.7. The maximum Gasteiger partial charge on any atom is 0.0540 e. The van der Waals surface area contributed by atoms with Crippen LogP contribution < -0.4 is 4.90 Å². The first-order chi connectivity index (χ1) is 31.7. The zero-order valence-corrected chi connectivity index (χ0v) is 35.8. The van der Waals surface area contributed by atoms with Crippen LogP contribution in [0.15, 0.2) is 249 Å². The average molecular weight is 832 g/mol. The number of nitrogens with zero attached hydrogens (tertiary/aromatic N) is 1. The summed E-state index contributed by atoms with van der Waals surface area (Å²) in [6.07, 6.45) is 0. The summed E-state index contributed by atoms with van der Waals surface area (Å²) in [6, 6.07) is 90.9. The second-order valence-electron chi connectivity index (χ2n) is 16.4. The fourth-order valence-corrected chi connectivity index (χ4v) is 10.8. The van der Waals surface area contributed by atoms with E-state index in [-0.39, 0.29) is 0 Å². The normalized spacial score (nSPS) is 11.4. The highest BCUT2D eigenvalue weighted by Gasteiger charge is 2.21. The van der Waals surface area contributed by atoms with E-state index >= 15 is 0 Å². The van der Waals surface area contributed by atoms with Gasteiger partial charge >= 0.3 is 0 Å². The van der Waals surface area contributed by atoms with Crippen molar-refractivity contribution in [2.45, 2.75) is 0 Å². The van der Waals surface area contributed by atoms with Gasteiger partial charge in [-0.1, -0.05) is 218 Å². The van der Waals surface area contributed by atoms with Crippen molar-refractivity contribution in [1.29, 1.82) is 0 Å². The zero-order chi connectivity index (χ0) is 42.4. The first-order valence-electron chi connectivity index (χ1n) is 21.9. The van der Waals surface area contributed by atoms with E-state index in [1.54, 1.807) is 0 Å². The number of rotatable bonds is 8. The van der Waals surface area contributed by atoms with Crippen molar-refractivity contribution in [3.63, 3.8) is 0 Å². The number of hydrogen-bond donors (Lipinski definition) is 0. The van der Waals surface area contributed by atoms with E-state index < -0.39 is 0 Å². The molecule has 1 nitrogen and oxygen atoms in total. The van der Waals surface area contributed by atoms with Gasteiger partial charge in [0.2, 0.25) is 0 Å². The molecule has 0 bridgehead atoms. The van der Waals surface area contributed by atoms with Crippen LogP contribution in [0.4, 0.5) is 17.1 Å². The van der Waals surface area contributed by atoms with E-state index in [9.17, 15) is 0 Å².